The molecule has 0 unspecified atom stereocenters. The first-order valence-corrected chi connectivity index (χ1v) is 12.4. The largest absolute Gasteiger partial charge is 0.378 e. The average molecular weight is 460 g/mol. The highest BCUT2D eigenvalue weighted by atomic mass is 32.2. The zero-order valence-corrected chi connectivity index (χ0v) is 19.0. The molecule has 6 rings (SSSR count). The number of benzene rings is 1. The minimum Gasteiger partial charge on any atom is -0.378 e. The Morgan fingerprint density at radius 1 is 0.969 bits per heavy atom. The first-order valence-electron chi connectivity index (χ1n) is 10.6. The minimum absolute atomic E-state index is 0.718. The van der Waals surface area contributed by atoms with Crippen molar-refractivity contribution < 1.29 is 4.74 Å². The highest BCUT2D eigenvalue weighted by molar-refractivity contribution is 8.02. The Labute approximate surface area is 194 Å². The van der Waals surface area contributed by atoms with Crippen molar-refractivity contribution in [2.75, 3.05) is 42.0 Å². The maximum atomic E-state index is 5.59. The summed E-state index contributed by atoms with van der Waals surface area (Å²) < 4.78 is 6.71. The van der Waals surface area contributed by atoms with Gasteiger partial charge in [-0.2, -0.15) is 0 Å². The van der Waals surface area contributed by atoms with Crippen molar-refractivity contribution in [3.8, 4) is 21.8 Å². The molecule has 8 heteroatoms. The van der Waals surface area contributed by atoms with Gasteiger partial charge in [-0.25, -0.2) is 9.97 Å². The number of hydrogen-bond donors (Lipinski definition) is 0. The average Bonchev–Trinajstić information content (AvgIpc) is 3.55. The summed E-state index contributed by atoms with van der Waals surface area (Å²) in [6, 6.07) is 14.7. The second-order valence-electron chi connectivity index (χ2n) is 7.64. The van der Waals surface area contributed by atoms with Crippen LogP contribution in [0.5, 0.6) is 0 Å². The van der Waals surface area contributed by atoms with Gasteiger partial charge in [0, 0.05) is 53.4 Å². The van der Waals surface area contributed by atoms with Gasteiger partial charge in [-0.05, 0) is 29.7 Å². The summed E-state index contributed by atoms with van der Waals surface area (Å²) >= 11 is 3.52. The Hall–Kier alpha value is -2.94. The SMILES string of the molecule is C1=CN(c2cccc(-c3nc(N4CCOCC4)c4sc(-c5cccnc5)cc4n3)c2)CS1. The molecular formula is C24H21N5OS2. The van der Waals surface area contributed by atoms with Crippen LogP contribution >= 0.6 is 23.1 Å². The minimum atomic E-state index is 0.718. The molecule has 6 nitrogen and oxygen atoms in total. The summed E-state index contributed by atoms with van der Waals surface area (Å²) in [4.78, 5) is 20.1. The first-order chi connectivity index (χ1) is 15.8. The molecular weight excluding hydrogens is 438 g/mol. The van der Waals surface area contributed by atoms with E-state index in [1.54, 1.807) is 29.3 Å². The van der Waals surface area contributed by atoms with Crippen LogP contribution in [0.15, 0.2) is 66.5 Å². The molecule has 160 valence electrons. The number of fused-ring (bicyclic) bond motifs is 1. The van der Waals surface area contributed by atoms with E-state index in [2.05, 4.69) is 62.8 Å². The summed E-state index contributed by atoms with van der Waals surface area (Å²) in [5, 5.41) is 2.12. The number of morpholine rings is 1. The third kappa shape index (κ3) is 3.74. The van der Waals surface area contributed by atoms with Gasteiger partial charge >= 0.3 is 0 Å². The molecule has 0 bridgehead atoms. The van der Waals surface area contributed by atoms with Crippen LogP contribution in [0, 0.1) is 0 Å². The lowest BCUT2D eigenvalue weighted by Crippen LogP contribution is -2.36. The maximum absolute atomic E-state index is 5.59. The van der Waals surface area contributed by atoms with Crippen LogP contribution in [0.4, 0.5) is 11.5 Å². The molecule has 0 radical (unpaired) electrons. The fourth-order valence-corrected chi connectivity index (χ4v) is 5.77. The van der Waals surface area contributed by atoms with Gasteiger partial charge in [0.05, 0.1) is 29.3 Å². The quantitative estimate of drug-likeness (QED) is 0.414. The van der Waals surface area contributed by atoms with E-state index < -0.39 is 0 Å². The number of thioether (sulfide) groups is 1. The lowest BCUT2D eigenvalue weighted by atomic mass is 10.1. The molecule has 2 aliphatic rings. The molecule has 0 spiro atoms. The predicted molar refractivity (Wildman–Crippen MR) is 133 cm³/mol. The third-order valence-corrected chi connectivity index (χ3v) is 7.51. The van der Waals surface area contributed by atoms with Crippen molar-refractivity contribution in [2.24, 2.45) is 0 Å². The topological polar surface area (TPSA) is 54.4 Å². The van der Waals surface area contributed by atoms with Crippen LogP contribution in [0.1, 0.15) is 0 Å². The van der Waals surface area contributed by atoms with Gasteiger partial charge in [0.15, 0.2) is 11.6 Å². The number of aromatic nitrogens is 3. The van der Waals surface area contributed by atoms with Gasteiger partial charge in [-0.3, -0.25) is 4.98 Å². The molecule has 2 aliphatic heterocycles. The Balaban J connectivity index is 1.48. The molecule has 0 aliphatic carbocycles. The Morgan fingerprint density at radius 3 is 2.69 bits per heavy atom. The zero-order chi connectivity index (χ0) is 21.3. The van der Waals surface area contributed by atoms with Crippen LogP contribution in [-0.4, -0.2) is 47.1 Å². The molecule has 32 heavy (non-hydrogen) atoms. The molecule has 1 saturated heterocycles. The summed E-state index contributed by atoms with van der Waals surface area (Å²) in [5.74, 6) is 2.68. The van der Waals surface area contributed by atoms with Crippen molar-refractivity contribution >= 4 is 44.8 Å². The molecule has 3 aromatic heterocycles. The number of rotatable bonds is 4. The second kappa shape index (κ2) is 8.54. The molecule has 5 heterocycles. The molecule has 1 aromatic carbocycles. The fourth-order valence-electron chi connectivity index (χ4n) is 3.95. The van der Waals surface area contributed by atoms with Crippen molar-refractivity contribution in [2.45, 2.75) is 0 Å². The van der Waals surface area contributed by atoms with Gasteiger partial charge in [0.2, 0.25) is 0 Å². The number of thiophene rings is 1. The van der Waals surface area contributed by atoms with E-state index in [1.165, 1.54) is 0 Å². The molecule has 0 saturated carbocycles. The normalized spacial score (nSPS) is 16.2. The van der Waals surface area contributed by atoms with Crippen LogP contribution in [0.2, 0.25) is 0 Å². The van der Waals surface area contributed by atoms with Gasteiger partial charge in [-0.1, -0.05) is 18.2 Å². The van der Waals surface area contributed by atoms with Crippen molar-refractivity contribution in [1.29, 1.82) is 0 Å². The zero-order valence-electron chi connectivity index (χ0n) is 17.3. The van der Waals surface area contributed by atoms with E-state index in [0.717, 1.165) is 75.7 Å². The van der Waals surface area contributed by atoms with Gasteiger partial charge in [0.25, 0.3) is 0 Å². The molecule has 0 amide bonds. The molecule has 1 fully saturated rings. The standard InChI is InChI=1S/C24H21N5OS2/c1-3-17(13-19(5-1)29-9-12-31-16-29)23-26-20-14-21(18-4-2-6-25-15-18)32-22(20)24(27-23)28-7-10-30-11-8-28/h1-6,9,12-15H,7-8,10-11,16H2. The van der Waals surface area contributed by atoms with Crippen molar-refractivity contribution in [3.63, 3.8) is 0 Å². The maximum Gasteiger partial charge on any atom is 0.162 e. The Bertz CT molecular complexity index is 1280. The van der Waals surface area contributed by atoms with E-state index in [1.807, 2.05) is 12.3 Å². The fraction of sp³-hybridized carbons (Fsp3) is 0.208. The summed E-state index contributed by atoms with van der Waals surface area (Å²) in [5.41, 5.74) is 4.26. The molecule has 0 N–H and O–H groups in total. The molecule has 0 atom stereocenters. The number of hydrogen-bond acceptors (Lipinski definition) is 8. The number of anilines is 2. The number of pyridine rings is 1. The lowest BCUT2D eigenvalue weighted by Gasteiger charge is -2.28. The van der Waals surface area contributed by atoms with Gasteiger partial charge < -0.3 is 14.5 Å². The highest BCUT2D eigenvalue weighted by Gasteiger charge is 2.21. The number of nitrogens with zero attached hydrogens (tertiary/aromatic N) is 5. The van der Waals surface area contributed by atoms with Crippen LogP contribution in [0.25, 0.3) is 32.0 Å². The van der Waals surface area contributed by atoms with E-state index in [-0.39, 0.29) is 0 Å². The highest BCUT2D eigenvalue weighted by Crippen LogP contribution is 2.39. The van der Waals surface area contributed by atoms with E-state index >= 15 is 0 Å². The van der Waals surface area contributed by atoms with Crippen molar-refractivity contribution in [1.82, 2.24) is 15.0 Å². The predicted octanol–water partition coefficient (Wildman–Crippen LogP) is 5.24. The second-order valence-corrected chi connectivity index (χ2v) is 9.55. The first kappa shape index (κ1) is 19.7. The molecule has 4 aromatic rings. The Morgan fingerprint density at radius 2 is 1.88 bits per heavy atom. The van der Waals surface area contributed by atoms with Crippen molar-refractivity contribution in [3.05, 3.63) is 66.5 Å². The van der Waals surface area contributed by atoms with E-state index in [9.17, 15) is 0 Å². The van der Waals surface area contributed by atoms with Crippen LogP contribution < -0.4 is 9.80 Å². The smallest absolute Gasteiger partial charge is 0.162 e. The summed E-state index contributed by atoms with van der Waals surface area (Å²) in [6.07, 6.45) is 5.82. The third-order valence-electron chi connectivity index (χ3n) is 5.60. The Kier molecular flexibility index (Phi) is 5.26. The number of ether oxygens (including phenoxy) is 1. The lowest BCUT2D eigenvalue weighted by molar-refractivity contribution is 0.122. The summed E-state index contributed by atoms with van der Waals surface area (Å²) in [6.45, 7) is 3.11. The summed E-state index contributed by atoms with van der Waals surface area (Å²) in [7, 11) is 0. The van der Waals surface area contributed by atoms with E-state index in [4.69, 9.17) is 14.7 Å². The monoisotopic (exact) mass is 459 g/mol. The van der Waals surface area contributed by atoms with E-state index in [0.29, 0.717) is 0 Å². The van der Waals surface area contributed by atoms with Gasteiger partial charge in [0.1, 0.15) is 0 Å². The van der Waals surface area contributed by atoms with Crippen LogP contribution in [-0.2, 0) is 4.74 Å². The van der Waals surface area contributed by atoms with Crippen LogP contribution in [0.3, 0.4) is 0 Å². The van der Waals surface area contributed by atoms with Gasteiger partial charge in [-0.15, -0.1) is 23.1 Å².